The lowest BCUT2D eigenvalue weighted by molar-refractivity contribution is -0.206. The lowest BCUT2D eigenvalue weighted by Gasteiger charge is -2.32. The maximum absolute atomic E-state index is 11.8. The molecule has 0 aliphatic carbocycles. The van der Waals surface area contributed by atoms with Gasteiger partial charge in [-0.2, -0.15) is 4.31 Å². The summed E-state index contributed by atoms with van der Waals surface area (Å²) in [6, 6.07) is 9.74. The van der Waals surface area contributed by atoms with Crippen molar-refractivity contribution >= 4 is 10.0 Å². The molecule has 1 aromatic rings. The molecule has 1 aromatic carbocycles. The van der Waals surface area contributed by atoms with Crippen molar-refractivity contribution in [3.05, 3.63) is 35.9 Å². The van der Waals surface area contributed by atoms with Crippen molar-refractivity contribution in [3.8, 4) is 0 Å². The van der Waals surface area contributed by atoms with Crippen LogP contribution in [-0.4, -0.2) is 58.0 Å². The summed E-state index contributed by atoms with van der Waals surface area (Å²) in [5, 5.41) is 0. The predicted octanol–water partition coefficient (Wildman–Crippen LogP) is 1.01. The van der Waals surface area contributed by atoms with Crippen LogP contribution in [0.4, 0.5) is 0 Å². The fourth-order valence-electron chi connectivity index (χ4n) is 2.49. The van der Waals surface area contributed by atoms with E-state index >= 15 is 0 Å². The predicted molar refractivity (Wildman–Crippen MR) is 80.7 cm³/mol. The number of epoxide rings is 1. The lowest BCUT2D eigenvalue weighted by Crippen LogP contribution is -2.41. The zero-order valence-electron chi connectivity index (χ0n) is 12.6. The van der Waals surface area contributed by atoms with Crippen LogP contribution in [0.5, 0.6) is 0 Å². The van der Waals surface area contributed by atoms with Gasteiger partial charge in [-0.25, -0.2) is 8.42 Å². The third-order valence-corrected chi connectivity index (χ3v) is 5.02. The molecule has 1 atom stereocenters. The van der Waals surface area contributed by atoms with Crippen LogP contribution < -0.4 is 0 Å². The zero-order chi connectivity index (χ0) is 15.6. The van der Waals surface area contributed by atoms with Crippen molar-refractivity contribution in [1.82, 2.24) is 4.31 Å². The summed E-state index contributed by atoms with van der Waals surface area (Å²) < 4.78 is 41.8. The SMILES string of the molecule is CS(=O)(=O)N(CC1COC(c2ccccc2)OC1)CC1CO1. The summed E-state index contributed by atoms with van der Waals surface area (Å²) in [7, 11) is -3.24. The Labute approximate surface area is 131 Å². The molecule has 0 N–H and O–H groups in total. The number of nitrogens with zero attached hydrogens (tertiary/aromatic N) is 1. The van der Waals surface area contributed by atoms with Crippen molar-refractivity contribution in [3.63, 3.8) is 0 Å². The van der Waals surface area contributed by atoms with Gasteiger partial charge in [0, 0.05) is 24.6 Å². The third-order valence-electron chi connectivity index (χ3n) is 3.78. The molecule has 1 unspecified atom stereocenters. The van der Waals surface area contributed by atoms with Crippen LogP contribution in [0.2, 0.25) is 0 Å². The van der Waals surface area contributed by atoms with Gasteiger partial charge in [0.25, 0.3) is 0 Å². The molecule has 2 heterocycles. The van der Waals surface area contributed by atoms with Gasteiger partial charge in [-0.15, -0.1) is 0 Å². The maximum Gasteiger partial charge on any atom is 0.211 e. The molecule has 3 rings (SSSR count). The summed E-state index contributed by atoms with van der Waals surface area (Å²) in [6.07, 6.45) is 0.903. The van der Waals surface area contributed by atoms with Gasteiger partial charge in [0.15, 0.2) is 6.29 Å². The van der Waals surface area contributed by atoms with Gasteiger partial charge in [-0.05, 0) is 0 Å². The number of hydrogen-bond donors (Lipinski definition) is 0. The third kappa shape index (κ3) is 4.27. The lowest BCUT2D eigenvalue weighted by atomic mass is 10.1. The van der Waals surface area contributed by atoms with E-state index in [9.17, 15) is 8.42 Å². The molecule has 0 aromatic heterocycles. The zero-order valence-corrected chi connectivity index (χ0v) is 13.4. The Morgan fingerprint density at radius 1 is 1.05 bits per heavy atom. The summed E-state index contributed by atoms with van der Waals surface area (Å²) in [5.74, 6) is 0.0356. The Morgan fingerprint density at radius 2 is 1.68 bits per heavy atom. The highest BCUT2D eigenvalue weighted by Crippen LogP contribution is 2.26. The quantitative estimate of drug-likeness (QED) is 0.730. The summed E-state index contributed by atoms with van der Waals surface area (Å²) >= 11 is 0. The van der Waals surface area contributed by atoms with Crippen LogP contribution in [0, 0.1) is 5.92 Å². The van der Waals surface area contributed by atoms with Gasteiger partial charge in [-0.1, -0.05) is 30.3 Å². The Balaban J connectivity index is 1.54. The minimum Gasteiger partial charge on any atom is -0.372 e. The highest BCUT2D eigenvalue weighted by Gasteiger charge is 2.33. The fourth-order valence-corrected chi connectivity index (χ4v) is 3.40. The highest BCUT2D eigenvalue weighted by molar-refractivity contribution is 7.88. The number of sulfonamides is 1. The molecule has 0 saturated carbocycles. The minimum atomic E-state index is -3.24. The van der Waals surface area contributed by atoms with Crippen LogP contribution in [0.1, 0.15) is 11.9 Å². The Hall–Kier alpha value is -0.990. The molecule has 0 spiro atoms. The standard InChI is InChI=1S/C15H21NO5S/c1-22(17,18)16(8-14-11-19-14)7-12-9-20-15(21-10-12)13-5-3-2-4-6-13/h2-6,12,14-15H,7-11H2,1H3. The van der Waals surface area contributed by atoms with E-state index in [0.717, 1.165) is 5.56 Å². The first-order valence-corrected chi connectivity index (χ1v) is 9.22. The summed E-state index contributed by atoms with van der Waals surface area (Å²) in [6.45, 7) is 2.42. The van der Waals surface area contributed by atoms with Crippen molar-refractivity contribution in [2.45, 2.75) is 12.4 Å². The maximum atomic E-state index is 11.8. The molecule has 0 radical (unpaired) electrons. The molecule has 6 nitrogen and oxygen atoms in total. The fraction of sp³-hybridized carbons (Fsp3) is 0.600. The molecule has 2 aliphatic rings. The molecule has 2 fully saturated rings. The van der Waals surface area contributed by atoms with E-state index in [0.29, 0.717) is 32.9 Å². The summed E-state index contributed by atoms with van der Waals surface area (Å²) in [4.78, 5) is 0. The van der Waals surface area contributed by atoms with E-state index in [1.54, 1.807) is 0 Å². The topological polar surface area (TPSA) is 68.4 Å². The Bertz CT molecular complexity index is 579. The Morgan fingerprint density at radius 3 is 2.23 bits per heavy atom. The van der Waals surface area contributed by atoms with Crippen molar-refractivity contribution < 1.29 is 22.6 Å². The van der Waals surface area contributed by atoms with Crippen LogP contribution in [0.15, 0.2) is 30.3 Å². The van der Waals surface area contributed by atoms with E-state index in [2.05, 4.69) is 0 Å². The van der Waals surface area contributed by atoms with E-state index in [-0.39, 0.29) is 18.3 Å². The average Bonchev–Trinajstić information content (AvgIpc) is 3.31. The normalized spacial score (nSPS) is 28.7. The van der Waals surface area contributed by atoms with E-state index in [1.807, 2.05) is 30.3 Å². The van der Waals surface area contributed by atoms with Gasteiger partial charge < -0.3 is 14.2 Å². The van der Waals surface area contributed by atoms with E-state index in [4.69, 9.17) is 14.2 Å². The van der Waals surface area contributed by atoms with E-state index < -0.39 is 10.0 Å². The van der Waals surface area contributed by atoms with Gasteiger partial charge in [0.05, 0.1) is 32.2 Å². The second-order valence-electron chi connectivity index (χ2n) is 5.81. The van der Waals surface area contributed by atoms with Gasteiger partial charge >= 0.3 is 0 Å². The van der Waals surface area contributed by atoms with Gasteiger partial charge in [0.1, 0.15) is 0 Å². The molecular formula is C15H21NO5S. The van der Waals surface area contributed by atoms with Crippen LogP contribution in [0.25, 0.3) is 0 Å². The smallest absolute Gasteiger partial charge is 0.211 e. The second kappa shape index (κ2) is 6.64. The molecule has 0 amide bonds. The average molecular weight is 327 g/mol. The van der Waals surface area contributed by atoms with Crippen molar-refractivity contribution in [2.24, 2.45) is 5.92 Å². The first-order valence-electron chi connectivity index (χ1n) is 7.37. The summed E-state index contributed by atoms with van der Waals surface area (Å²) in [5.41, 5.74) is 0.979. The van der Waals surface area contributed by atoms with Crippen molar-refractivity contribution in [2.75, 3.05) is 39.2 Å². The molecule has 0 bridgehead atoms. The number of benzene rings is 1. The van der Waals surface area contributed by atoms with Gasteiger partial charge in [-0.3, -0.25) is 0 Å². The minimum absolute atomic E-state index is 0.0356. The number of rotatable bonds is 6. The highest BCUT2D eigenvalue weighted by atomic mass is 32.2. The second-order valence-corrected chi connectivity index (χ2v) is 7.79. The first-order chi connectivity index (χ1) is 10.5. The van der Waals surface area contributed by atoms with Crippen molar-refractivity contribution in [1.29, 1.82) is 0 Å². The van der Waals surface area contributed by atoms with Crippen LogP contribution >= 0.6 is 0 Å². The monoisotopic (exact) mass is 327 g/mol. The molecule has 122 valence electrons. The van der Waals surface area contributed by atoms with E-state index in [1.165, 1.54) is 10.6 Å². The van der Waals surface area contributed by atoms with Crippen LogP contribution in [-0.2, 0) is 24.2 Å². The number of ether oxygens (including phenoxy) is 3. The Kier molecular flexibility index (Phi) is 4.79. The number of hydrogen-bond acceptors (Lipinski definition) is 5. The van der Waals surface area contributed by atoms with Crippen LogP contribution in [0.3, 0.4) is 0 Å². The molecule has 7 heteroatoms. The first kappa shape index (κ1) is 15.9. The largest absolute Gasteiger partial charge is 0.372 e. The van der Waals surface area contributed by atoms with Gasteiger partial charge in [0.2, 0.25) is 10.0 Å². The molecular weight excluding hydrogens is 306 g/mol. The molecule has 2 saturated heterocycles. The molecule has 22 heavy (non-hydrogen) atoms. The molecule has 2 aliphatic heterocycles.